The second-order valence-corrected chi connectivity index (χ2v) is 7.19. The molecule has 1 fully saturated rings. The molecule has 0 amide bonds. The van der Waals surface area contributed by atoms with Crippen molar-refractivity contribution < 1.29 is 4.39 Å². The summed E-state index contributed by atoms with van der Waals surface area (Å²) in [5, 5.41) is 19.0. The van der Waals surface area contributed by atoms with Gasteiger partial charge < -0.3 is 20.9 Å². The van der Waals surface area contributed by atoms with Crippen molar-refractivity contribution >= 4 is 39.7 Å². The minimum atomic E-state index is -0.271. The highest BCUT2D eigenvalue weighted by Crippen LogP contribution is 2.30. The van der Waals surface area contributed by atoms with Gasteiger partial charge in [0.1, 0.15) is 11.6 Å². The summed E-state index contributed by atoms with van der Waals surface area (Å²) in [5.74, 6) is 0.758. The van der Waals surface area contributed by atoms with Gasteiger partial charge in [-0.1, -0.05) is 18.2 Å². The van der Waals surface area contributed by atoms with Crippen LogP contribution in [-0.2, 0) is 0 Å². The van der Waals surface area contributed by atoms with Gasteiger partial charge in [-0.2, -0.15) is 15.2 Å². The average molecular weight is 416 g/mol. The van der Waals surface area contributed by atoms with Gasteiger partial charge in [-0.3, -0.25) is 0 Å². The summed E-state index contributed by atoms with van der Waals surface area (Å²) in [6, 6.07) is 14.2. The van der Waals surface area contributed by atoms with E-state index in [0.29, 0.717) is 11.8 Å². The Morgan fingerprint density at radius 2 is 1.84 bits per heavy atom. The maximum atomic E-state index is 14.0. The first-order valence-electron chi connectivity index (χ1n) is 10.1. The van der Waals surface area contributed by atoms with Crippen molar-refractivity contribution in [2.45, 2.75) is 0 Å². The fourth-order valence-electron chi connectivity index (χ4n) is 3.63. The Balaban J connectivity index is 1.41. The molecule has 2 aromatic carbocycles. The Hall–Kier alpha value is -3.85. The predicted octanol–water partition coefficient (Wildman–Crippen LogP) is 3.46. The molecule has 3 heterocycles. The molecule has 0 bridgehead atoms. The lowest BCUT2D eigenvalue weighted by Crippen LogP contribution is -2.43. The Kier molecular flexibility index (Phi) is 5.24. The van der Waals surface area contributed by atoms with E-state index in [0.717, 1.165) is 54.1 Å². The summed E-state index contributed by atoms with van der Waals surface area (Å²) in [7, 11) is 0. The smallest absolute Gasteiger partial charge is 0.229 e. The summed E-state index contributed by atoms with van der Waals surface area (Å²) in [6.07, 6.45) is 3.34. The molecule has 9 heteroatoms. The highest BCUT2D eigenvalue weighted by Gasteiger charge is 2.16. The lowest BCUT2D eigenvalue weighted by Gasteiger charge is -2.31. The van der Waals surface area contributed by atoms with E-state index in [4.69, 9.17) is 0 Å². The molecule has 1 saturated heterocycles. The fourth-order valence-corrected chi connectivity index (χ4v) is 3.63. The van der Waals surface area contributed by atoms with Crippen LogP contribution in [0.4, 0.5) is 33.2 Å². The number of rotatable bonds is 5. The Bertz CT molecular complexity index is 1200. The number of piperazine rings is 1. The molecule has 156 valence electrons. The highest BCUT2D eigenvalue weighted by molar-refractivity contribution is 5.91. The summed E-state index contributed by atoms with van der Waals surface area (Å²) < 4.78 is 14.0. The van der Waals surface area contributed by atoms with Crippen LogP contribution in [0.3, 0.4) is 0 Å². The standard InChI is InChI=1S/C22H21FN8/c23-15-5-6-18(20(13-15)31-11-9-24-10-12-31)28-22-25-8-7-21(29-22)27-19-14-26-30-17-4-2-1-3-16(17)19/h1-8,13-14,24H,9-12H2,(H2,25,27,28,29,30). The summed E-state index contributed by atoms with van der Waals surface area (Å²) in [5.41, 5.74) is 3.16. The first-order chi connectivity index (χ1) is 15.3. The number of nitrogens with one attached hydrogen (secondary N) is 3. The van der Waals surface area contributed by atoms with E-state index in [-0.39, 0.29) is 5.82 Å². The van der Waals surface area contributed by atoms with Crippen molar-refractivity contribution in [2.75, 3.05) is 41.7 Å². The van der Waals surface area contributed by atoms with Gasteiger partial charge in [-0.05, 0) is 30.3 Å². The first kappa shape index (κ1) is 19.1. The molecule has 1 aliphatic heterocycles. The van der Waals surface area contributed by atoms with Gasteiger partial charge in [-0.25, -0.2) is 9.37 Å². The molecule has 0 spiro atoms. The SMILES string of the molecule is Fc1ccc(Nc2nccc(Nc3cnnc4ccccc34)n2)c(N2CCNCC2)c1. The van der Waals surface area contributed by atoms with Gasteiger partial charge in [-0.15, -0.1) is 0 Å². The van der Waals surface area contributed by atoms with Crippen LogP contribution >= 0.6 is 0 Å². The van der Waals surface area contributed by atoms with Crippen LogP contribution in [-0.4, -0.2) is 46.3 Å². The topological polar surface area (TPSA) is 90.9 Å². The van der Waals surface area contributed by atoms with Crippen LogP contribution in [0.15, 0.2) is 60.9 Å². The van der Waals surface area contributed by atoms with E-state index in [1.54, 1.807) is 30.6 Å². The molecule has 0 saturated carbocycles. The van der Waals surface area contributed by atoms with Crippen molar-refractivity contribution in [2.24, 2.45) is 0 Å². The highest BCUT2D eigenvalue weighted by atomic mass is 19.1. The molecule has 31 heavy (non-hydrogen) atoms. The van der Waals surface area contributed by atoms with Crippen LogP contribution in [0.1, 0.15) is 0 Å². The molecule has 4 aromatic rings. The van der Waals surface area contributed by atoms with E-state index >= 15 is 0 Å². The zero-order valence-electron chi connectivity index (χ0n) is 16.7. The van der Waals surface area contributed by atoms with Crippen LogP contribution in [0.2, 0.25) is 0 Å². The number of anilines is 5. The summed E-state index contributed by atoms with van der Waals surface area (Å²) >= 11 is 0. The van der Waals surface area contributed by atoms with E-state index in [1.165, 1.54) is 6.07 Å². The van der Waals surface area contributed by atoms with Gasteiger partial charge in [0.2, 0.25) is 5.95 Å². The third-order valence-corrected chi connectivity index (χ3v) is 5.13. The summed E-state index contributed by atoms with van der Waals surface area (Å²) in [6.45, 7) is 3.34. The second kappa shape index (κ2) is 8.49. The normalized spacial score (nSPS) is 13.9. The van der Waals surface area contributed by atoms with Gasteiger partial charge in [0.05, 0.1) is 28.8 Å². The molecular formula is C22H21FN8. The Morgan fingerprint density at radius 3 is 2.74 bits per heavy atom. The molecule has 0 unspecified atom stereocenters. The molecule has 8 nitrogen and oxygen atoms in total. The van der Waals surface area contributed by atoms with Gasteiger partial charge >= 0.3 is 0 Å². The fraction of sp³-hybridized carbons (Fsp3) is 0.182. The molecule has 1 aliphatic rings. The van der Waals surface area contributed by atoms with Crippen LogP contribution in [0, 0.1) is 5.82 Å². The molecular weight excluding hydrogens is 395 g/mol. The van der Waals surface area contributed by atoms with E-state index in [1.807, 2.05) is 24.3 Å². The number of aromatic nitrogens is 4. The molecule has 0 radical (unpaired) electrons. The molecule has 0 atom stereocenters. The first-order valence-corrected chi connectivity index (χ1v) is 10.1. The lowest BCUT2D eigenvalue weighted by molar-refractivity contribution is 0.585. The Morgan fingerprint density at radius 1 is 0.968 bits per heavy atom. The predicted molar refractivity (Wildman–Crippen MR) is 120 cm³/mol. The van der Waals surface area contributed by atoms with E-state index in [2.05, 4.69) is 41.0 Å². The lowest BCUT2D eigenvalue weighted by atomic mass is 10.2. The minimum Gasteiger partial charge on any atom is -0.367 e. The minimum absolute atomic E-state index is 0.271. The van der Waals surface area contributed by atoms with Crippen molar-refractivity contribution in [3.63, 3.8) is 0 Å². The molecule has 5 rings (SSSR count). The van der Waals surface area contributed by atoms with E-state index in [9.17, 15) is 4.39 Å². The number of benzene rings is 2. The van der Waals surface area contributed by atoms with Crippen LogP contribution < -0.4 is 20.9 Å². The monoisotopic (exact) mass is 416 g/mol. The second-order valence-electron chi connectivity index (χ2n) is 7.19. The molecule has 0 aliphatic carbocycles. The van der Waals surface area contributed by atoms with Crippen molar-refractivity contribution in [3.05, 3.63) is 66.7 Å². The number of hydrogen-bond acceptors (Lipinski definition) is 8. The number of fused-ring (bicyclic) bond motifs is 1. The third-order valence-electron chi connectivity index (χ3n) is 5.13. The van der Waals surface area contributed by atoms with Gasteiger partial charge in [0, 0.05) is 37.8 Å². The van der Waals surface area contributed by atoms with E-state index < -0.39 is 0 Å². The molecule has 3 N–H and O–H groups in total. The van der Waals surface area contributed by atoms with Gasteiger partial charge in [0.15, 0.2) is 0 Å². The largest absolute Gasteiger partial charge is 0.367 e. The quantitative estimate of drug-likeness (QED) is 0.456. The number of nitrogens with zero attached hydrogens (tertiary/aromatic N) is 5. The zero-order chi connectivity index (χ0) is 21.0. The van der Waals surface area contributed by atoms with Crippen molar-refractivity contribution in [1.29, 1.82) is 0 Å². The van der Waals surface area contributed by atoms with Crippen molar-refractivity contribution in [3.8, 4) is 0 Å². The maximum Gasteiger partial charge on any atom is 0.229 e. The third kappa shape index (κ3) is 4.22. The van der Waals surface area contributed by atoms with Crippen LogP contribution in [0.25, 0.3) is 10.9 Å². The number of hydrogen-bond donors (Lipinski definition) is 3. The zero-order valence-corrected chi connectivity index (χ0v) is 16.7. The van der Waals surface area contributed by atoms with Crippen molar-refractivity contribution in [1.82, 2.24) is 25.5 Å². The average Bonchev–Trinajstić information content (AvgIpc) is 2.81. The van der Waals surface area contributed by atoms with Gasteiger partial charge in [0.25, 0.3) is 0 Å². The maximum absolute atomic E-state index is 14.0. The van der Waals surface area contributed by atoms with Crippen LogP contribution in [0.5, 0.6) is 0 Å². The Labute approximate surface area is 178 Å². The summed E-state index contributed by atoms with van der Waals surface area (Å²) in [4.78, 5) is 11.1. The number of halogens is 1. The molecule has 2 aromatic heterocycles.